The lowest BCUT2D eigenvalue weighted by atomic mass is 10.2. The van der Waals surface area contributed by atoms with Crippen LogP contribution < -0.4 is 15.2 Å². The van der Waals surface area contributed by atoms with Crippen molar-refractivity contribution in [2.75, 3.05) is 32.8 Å². The normalized spacial score (nSPS) is 17.9. The van der Waals surface area contributed by atoms with Gasteiger partial charge in [-0.2, -0.15) is 0 Å². The molecule has 3 aromatic rings. The average molecular weight is 451 g/mol. The highest BCUT2D eigenvalue weighted by Crippen LogP contribution is 2.31. The first-order valence-electron chi connectivity index (χ1n) is 11.1. The molecule has 2 amide bonds. The molecule has 9 nitrogen and oxygen atoms in total. The van der Waals surface area contributed by atoms with Gasteiger partial charge < -0.3 is 23.7 Å². The number of oxazole rings is 1. The van der Waals surface area contributed by atoms with Gasteiger partial charge in [0, 0.05) is 39.1 Å². The molecule has 2 aliphatic rings. The van der Waals surface area contributed by atoms with Crippen molar-refractivity contribution in [2.45, 2.75) is 25.5 Å². The van der Waals surface area contributed by atoms with E-state index in [0.717, 1.165) is 5.52 Å². The van der Waals surface area contributed by atoms with Crippen molar-refractivity contribution >= 4 is 22.9 Å². The molecule has 2 aliphatic heterocycles. The molecule has 1 saturated heterocycles. The van der Waals surface area contributed by atoms with Crippen LogP contribution in [0.4, 0.5) is 0 Å². The van der Waals surface area contributed by atoms with Crippen molar-refractivity contribution in [3.8, 4) is 11.5 Å². The number of piperazine rings is 1. The summed E-state index contributed by atoms with van der Waals surface area (Å²) in [5.74, 6) is 0.701. The Morgan fingerprint density at radius 1 is 0.909 bits per heavy atom. The van der Waals surface area contributed by atoms with E-state index in [4.69, 9.17) is 13.9 Å². The van der Waals surface area contributed by atoms with Crippen molar-refractivity contribution in [2.24, 2.45) is 0 Å². The lowest BCUT2D eigenvalue weighted by Gasteiger charge is -2.37. The molecule has 33 heavy (non-hydrogen) atoms. The average Bonchev–Trinajstić information content (AvgIpc) is 3.18. The molecule has 5 rings (SSSR count). The number of fused-ring (bicyclic) bond motifs is 2. The Bertz CT molecular complexity index is 1220. The zero-order chi connectivity index (χ0) is 22.8. The molecule has 9 heteroatoms. The maximum Gasteiger partial charge on any atom is 0.419 e. The lowest BCUT2D eigenvalue weighted by Crippen LogP contribution is -2.55. The standard InChI is InChI=1S/C24H25N3O6/c28-22(10-5-11-27-17-6-1-2-7-18(17)33-24(27)30)25-12-14-26(15-13-25)23(29)21-16-31-19-8-3-4-9-20(19)32-21/h1-4,6-9,21H,5,10-16H2/t21-/m1/s1. The monoisotopic (exact) mass is 451 g/mol. The van der Waals surface area contributed by atoms with E-state index in [9.17, 15) is 14.4 Å². The third-order valence-electron chi connectivity index (χ3n) is 6.07. The van der Waals surface area contributed by atoms with E-state index in [1.54, 1.807) is 26.5 Å². The maximum atomic E-state index is 12.9. The molecule has 1 atom stereocenters. The van der Waals surface area contributed by atoms with E-state index in [2.05, 4.69) is 0 Å². The molecule has 1 aromatic heterocycles. The summed E-state index contributed by atoms with van der Waals surface area (Å²) in [5.41, 5.74) is 1.28. The fraction of sp³-hybridized carbons (Fsp3) is 0.375. The number of carbonyl (C=O) groups excluding carboxylic acids is 2. The van der Waals surface area contributed by atoms with E-state index < -0.39 is 11.9 Å². The minimum atomic E-state index is -0.676. The van der Waals surface area contributed by atoms with Crippen LogP contribution in [0.15, 0.2) is 57.7 Å². The Labute approximate surface area is 190 Å². The molecule has 0 aliphatic carbocycles. The van der Waals surface area contributed by atoms with Gasteiger partial charge in [0.15, 0.2) is 17.1 Å². The first-order chi connectivity index (χ1) is 16.1. The van der Waals surface area contributed by atoms with Gasteiger partial charge in [0.2, 0.25) is 12.0 Å². The number of ether oxygens (including phenoxy) is 2. The number of benzene rings is 2. The van der Waals surface area contributed by atoms with E-state index in [1.165, 1.54) is 0 Å². The Kier molecular flexibility index (Phi) is 5.77. The zero-order valence-electron chi connectivity index (χ0n) is 18.1. The molecule has 0 spiro atoms. The van der Waals surface area contributed by atoms with Crippen molar-refractivity contribution < 1.29 is 23.5 Å². The largest absolute Gasteiger partial charge is 0.485 e. The van der Waals surface area contributed by atoms with Crippen LogP contribution >= 0.6 is 0 Å². The summed E-state index contributed by atoms with van der Waals surface area (Å²) in [7, 11) is 0. The highest BCUT2D eigenvalue weighted by molar-refractivity contribution is 5.82. The number of aromatic nitrogens is 1. The predicted molar refractivity (Wildman–Crippen MR) is 119 cm³/mol. The molecule has 0 radical (unpaired) electrons. The van der Waals surface area contributed by atoms with Gasteiger partial charge >= 0.3 is 5.76 Å². The van der Waals surface area contributed by atoms with Crippen molar-refractivity contribution in [3.63, 3.8) is 0 Å². The molecule has 0 saturated carbocycles. The Hall–Kier alpha value is -3.75. The number of rotatable bonds is 5. The number of amides is 2. The van der Waals surface area contributed by atoms with Gasteiger partial charge in [-0.05, 0) is 30.7 Å². The van der Waals surface area contributed by atoms with Gasteiger partial charge in [0.05, 0.1) is 5.52 Å². The first-order valence-corrected chi connectivity index (χ1v) is 11.1. The fourth-order valence-corrected chi connectivity index (χ4v) is 4.29. The van der Waals surface area contributed by atoms with Crippen LogP contribution in [0.3, 0.4) is 0 Å². The number of para-hydroxylation sites is 4. The number of hydrogen-bond acceptors (Lipinski definition) is 6. The SMILES string of the molecule is O=C(CCCn1c(=O)oc2ccccc21)N1CCN(C(=O)[C@H]2COc3ccccc3O2)CC1. The number of carbonyl (C=O) groups is 2. The number of nitrogens with zero attached hydrogens (tertiary/aromatic N) is 3. The van der Waals surface area contributed by atoms with Crippen LogP contribution in [0.2, 0.25) is 0 Å². The second kappa shape index (κ2) is 9.01. The van der Waals surface area contributed by atoms with Crippen molar-refractivity contribution in [3.05, 3.63) is 59.1 Å². The molecule has 0 unspecified atom stereocenters. The predicted octanol–water partition coefficient (Wildman–Crippen LogP) is 1.89. The van der Waals surface area contributed by atoms with Crippen LogP contribution in [0, 0.1) is 0 Å². The van der Waals surface area contributed by atoms with Crippen molar-refractivity contribution in [1.82, 2.24) is 14.4 Å². The minimum Gasteiger partial charge on any atom is -0.485 e. The summed E-state index contributed by atoms with van der Waals surface area (Å²) in [5, 5.41) is 0. The van der Waals surface area contributed by atoms with E-state index in [1.807, 2.05) is 36.4 Å². The summed E-state index contributed by atoms with van der Waals surface area (Å²) in [4.78, 5) is 41.1. The van der Waals surface area contributed by atoms with Crippen LogP contribution in [-0.2, 0) is 16.1 Å². The number of aryl methyl sites for hydroxylation is 1. The van der Waals surface area contributed by atoms with Gasteiger partial charge in [-0.15, -0.1) is 0 Å². The summed E-state index contributed by atoms with van der Waals surface area (Å²) in [6, 6.07) is 14.5. The molecule has 172 valence electrons. The molecule has 0 bridgehead atoms. The van der Waals surface area contributed by atoms with E-state index in [-0.39, 0.29) is 18.4 Å². The van der Waals surface area contributed by atoms with Gasteiger partial charge in [-0.25, -0.2) is 4.79 Å². The molecule has 1 fully saturated rings. The zero-order valence-corrected chi connectivity index (χ0v) is 18.1. The van der Waals surface area contributed by atoms with Crippen LogP contribution in [0.1, 0.15) is 12.8 Å². The highest BCUT2D eigenvalue weighted by Gasteiger charge is 2.33. The summed E-state index contributed by atoms with van der Waals surface area (Å²) in [6.07, 6.45) is 0.190. The summed E-state index contributed by atoms with van der Waals surface area (Å²) >= 11 is 0. The maximum absolute atomic E-state index is 12.9. The smallest absolute Gasteiger partial charge is 0.419 e. The molecule has 2 aromatic carbocycles. The quantitative estimate of drug-likeness (QED) is 0.588. The number of hydrogen-bond donors (Lipinski definition) is 0. The highest BCUT2D eigenvalue weighted by atomic mass is 16.6. The minimum absolute atomic E-state index is 0.0223. The van der Waals surface area contributed by atoms with Crippen LogP contribution in [0.25, 0.3) is 11.1 Å². The molecule has 3 heterocycles. The van der Waals surface area contributed by atoms with E-state index in [0.29, 0.717) is 62.6 Å². The second-order valence-electron chi connectivity index (χ2n) is 8.16. The topological polar surface area (TPSA) is 94.2 Å². The van der Waals surface area contributed by atoms with Crippen molar-refractivity contribution in [1.29, 1.82) is 0 Å². The third-order valence-corrected chi connectivity index (χ3v) is 6.07. The van der Waals surface area contributed by atoms with Crippen LogP contribution in [0.5, 0.6) is 11.5 Å². The Morgan fingerprint density at radius 3 is 2.42 bits per heavy atom. The summed E-state index contributed by atoms with van der Waals surface area (Å²) < 4.78 is 18.3. The van der Waals surface area contributed by atoms with E-state index >= 15 is 0 Å². The molecular weight excluding hydrogens is 426 g/mol. The fourth-order valence-electron chi connectivity index (χ4n) is 4.29. The first kappa shape index (κ1) is 21.1. The van der Waals surface area contributed by atoms with Gasteiger partial charge in [0.25, 0.3) is 5.91 Å². The van der Waals surface area contributed by atoms with Gasteiger partial charge in [0.1, 0.15) is 6.61 Å². The van der Waals surface area contributed by atoms with Gasteiger partial charge in [-0.3, -0.25) is 14.2 Å². The lowest BCUT2D eigenvalue weighted by molar-refractivity contribution is -0.146. The third kappa shape index (κ3) is 4.30. The second-order valence-corrected chi connectivity index (χ2v) is 8.16. The van der Waals surface area contributed by atoms with Gasteiger partial charge in [-0.1, -0.05) is 24.3 Å². The molecular formula is C24H25N3O6. The Morgan fingerprint density at radius 2 is 1.61 bits per heavy atom. The van der Waals surface area contributed by atoms with Crippen LogP contribution in [-0.4, -0.2) is 65.1 Å². The summed E-state index contributed by atoms with van der Waals surface area (Å²) in [6.45, 7) is 2.46. The Balaban J connectivity index is 1.10. The molecule has 0 N–H and O–H groups in total.